The second-order valence-electron chi connectivity index (χ2n) is 7.83. The van der Waals surface area contributed by atoms with Crippen molar-refractivity contribution in [3.8, 4) is 5.75 Å². The van der Waals surface area contributed by atoms with Crippen molar-refractivity contribution in [1.82, 2.24) is 9.88 Å². The molecule has 1 atom stereocenters. The van der Waals surface area contributed by atoms with Crippen LogP contribution in [0.2, 0.25) is 0 Å². The first-order chi connectivity index (χ1) is 16.7. The van der Waals surface area contributed by atoms with Crippen molar-refractivity contribution in [1.29, 1.82) is 0 Å². The predicted octanol–water partition coefficient (Wildman–Crippen LogP) is 4.61. The van der Waals surface area contributed by atoms with E-state index in [1.807, 2.05) is 0 Å². The van der Waals surface area contributed by atoms with Crippen molar-refractivity contribution in [3.05, 3.63) is 63.1 Å². The van der Waals surface area contributed by atoms with Gasteiger partial charge in [-0.3, -0.25) is 0 Å². The minimum absolute atomic E-state index is 0.0553. The molecule has 35 heavy (non-hydrogen) atoms. The number of thiazole rings is 1. The second kappa shape index (κ2) is 10.4. The van der Waals surface area contributed by atoms with Gasteiger partial charge in [0, 0.05) is 29.0 Å². The van der Waals surface area contributed by atoms with Crippen LogP contribution in [0.25, 0.3) is 0 Å². The summed E-state index contributed by atoms with van der Waals surface area (Å²) >= 11 is 4.57. The number of carboxylic acid groups (broad SMARTS) is 1. The number of anilines is 2. The van der Waals surface area contributed by atoms with E-state index in [-0.39, 0.29) is 24.9 Å². The Balaban J connectivity index is 1.63. The monoisotopic (exact) mass is 584 g/mol. The molecule has 0 radical (unpaired) electrons. The van der Waals surface area contributed by atoms with Crippen molar-refractivity contribution in [2.45, 2.75) is 23.9 Å². The maximum Gasteiger partial charge on any atom is 0.407 e. The topological polar surface area (TPSA) is 112 Å². The van der Waals surface area contributed by atoms with Crippen molar-refractivity contribution in [2.75, 3.05) is 29.8 Å². The number of rotatable bonds is 8. The van der Waals surface area contributed by atoms with Crippen molar-refractivity contribution in [3.63, 3.8) is 0 Å². The van der Waals surface area contributed by atoms with Gasteiger partial charge >= 0.3 is 6.09 Å². The van der Waals surface area contributed by atoms with Crippen molar-refractivity contribution >= 4 is 54.9 Å². The fraction of sp³-hybridized carbons (Fsp3) is 0.273. The highest BCUT2D eigenvalue weighted by molar-refractivity contribution is 9.10. The third-order valence-electron chi connectivity index (χ3n) is 5.57. The van der Waals surface area contributed by atoms with Gasteiger partial charge in [0.05, 0.1) is 24.9 Å². The van der Waals surface area contributed by atoms with Crippen LogP contribution in [0.15, 0.2) is 56.7 Å². The van der Waals surface area contributed by atoms with E-state index in [2.05, 4.69) is 26.2 Å². The summed E-state index contributed by atoms with van der Waals surface area (Å²) in [6.07, 6.45) is -0.458. The molecule has 13 heteroatoms. The fourth-order valence-electron chi connectivity index (χ4n) is 3.74. The molecule has 0 spiro atoms. The Kier molecular flexibility index (Phi) is 7.47. The molecule has 1 aliphatic heterocycles. The van der Waals surface area contributed by atoms with Crippen LogP contribution < -0.4 is 14.4 Å². The van der Waals surface area contributed by atoms with E-state index < -0.39 is 26.8 Å². The first kappa shape index (κ1) is 25.2. The molecule has 0 aliphatic carbocycles. The lowest BCUT2D eigenvalue weighted by atomic mass is 10.2. The van der Waals surface area contributed by atoms with E-state index in [1.165, 1.54) is 34.9 Å². The average Bonchev–Trinajstić information content (AvgIpc) is 3.52. The second-order valence-corrected chi connectivity index (χ2v) is 11.2. The van der Waals surface area contributed by atoms with Crippen LogP contribution in [0.4, 0.5) is 20.7 Å². The first-order valence-electron chi connectivity index (χ1n) is 10.5. The number of hydrogen-bond acceptors (Lipinski definition) is 7. The normalized spacial score (nSPS) is 15.7. The number of hydrogen-bond donors (Lipinski definition) is 2. The molecule has 1 aromatic heterocycles. The van der Waals surface area contributed by atoms with Crippen molar-refractivity contribution in [2.24, 2.45) is 0 Å². The molecule has 1 fully saturated rings. The standard InChI is InChI=1S/C22H22BrFN4O5S2/c1-33-16-4-2-14(3-5-16)10-28(21-12-34-13-25-21)35(31,32)20-8-17(23)19(9-18(20)24)26-15-6-7-27(11-15)22(29)30/h2-5,8-9,12-13,15,26H,6-7,10-11H2,1H3,(H,29,30). The smallest absolute Gasteiger partial charge is 0.407 e. The summed E-state index contributed by atoms with van der Waals surface area (Å²) in [4.78, 5) is 16.1. The van der Waals surface area contributed by atoms with Crippen LogP contribution in [0, 0.1) is 5.82 Å². The minimum Gasteiger partial charge on any atom is -0.497 e. The van der Waals surface area contributed by atoms with Gasteiger partial charge < -0.3 is 20.1 Å². The van der Waals surface area contributed by atoms with Crippen LogP contribution in [0.1, 0.15) is 12.0 Å². The SMILES string of the molecule is COc1ccc(CN(c2cscn2)S(=O)(=O)c2cc(Br)c(NC3CCN(C(=O)O)C3)cc2F)cc1. The summed E-state index contributed by atoms with van der Waals surface area (Å²) in [7, 11) is -2.79. The number of carbonyl (C=O) groups is 1. The highest BCUT2D eigenvalue weighted by atomic mass is 79.9. The van der Waals surface area contributed by atoms with Crippen LogP contribution in [0.5, 0.6) is 5.75 Å². The Labute approximate surface area is 214 Å². The lowest BCUT2D eigenvalue weighted by Gasteiger charge is -2.23. The van der Waals surface area contributed by atoms with Gasteiger partial charge in [-0.2, -0.15) is 0 Å². The van der Waals surface area contributed by atoms with Crippen LogP contribution in [-0.2, 0) is 16.6 Å². The molecule has 2 N–H and O–H groups in total. The molecule has 1 amide bonds. The van der Waals surface area contributed by atoms with E-state index in [0.29, 0.717) is 34.4 Å². The molecule has 2 aromatic carbocycles. The number of nitrogens with zero attached hydrogens (tertiary/aromatic N) is 3. The zero-order valence-electron chi connectivity index (χ0n) is 18.5. The Hall–Kier alpha value is -2.90. The summed E-state index contributed by atoms with van der Waals surface area (Å²) in [6.45, 7) is 0.566. The summed E-state index contributed by atoms with van der Waals surface area (Å²) in [5.74, 6) is -0.120. The molecule has 0 saturated carbocycles. The number of benzene rings is 2. The fourth-order valence-corrected chi connectivity index (χ4v) is 6.43. The van der Waals surface area contributed by atoms with Crippen LogP contribution in [0.3, 0.4) is 0 Å². The molecular formula is C22H22BrFN4O5S2. The molecule has 1 aliphatic rings. The number of aromatic nitrogens is 1. The largest absolute Gasteiger partial charge is 0.497 e. The van der Waals surface area contributed by atoms with E-state index >= 15 is 4.39 Å². The van der Waals surface area contributed by atoms with Gasteiger partial charge in [0.2, 0.25) is 0 Å². The zero-order chi connectivity index (χ0) is 25.2. The highest BCUT2D eigenvalue weighted by Crippen LogP contribution is 2.33. The number of sulfonamides is 1. The summed E-state index contributed by atoms with van der Waals surface area (Å²) < 4.78 is 49.0. The van der Waals surface area contributed by atoms with Crippen LogP contribution in [-0.4, -0.2) is 55.7 Å². The van der Waals surface area contributed by atoms with Gasteiger partial charge in [0.1, 0.15) is 16.5 Å². The van der Waals surface area contributed by atoms with E-state index in [0.717, 1.165) is 10.4 Å². The van der Waals surface area contributed by atoms with Gasteiger partial charge in [-0.1, -0.05) is 12.1 Å². The zero-order valence-corrected chi connectivity index (χ0v) is 21.7. The molecule has 0 bridgehead atoms. The van der Waals surface area contributed by atoms with Gasteiger partial charge in [0.15, 0.2) is 5.82 Å². The molecule has 9 nitrogen and oxygen atoms in total. The third-order valence-corrected chi connectivity index (χ3v) is 8.56. The van der Waals surface area contributed by atoms with Gasteiger partial charge in [-0.15, -0.1) is 11.3 Å². The highest BCUT2D eigenvalue weighted by Gasteiger charge is 2.31. The maximum atomic E-state index is 15.2. The number of amides is 1. The van der Waals surface area contributed by atoms with Gasteiger partial charge in [0.25, 0.3) is 10.0 Å². The molecule has 1 saturated heterocycles. The third kappa shape index (κ3) is 5.52. The Bertz CT molecular complexity index is 1310. The number of methoxy groups -OCH3 is 1. The summed E-state index contributed by atoms with van der Waals surface area (Å²) in [5, 5.41) is 13.8. The Morgan fingerprint density at radius 3 is 2.71 bits per heavy atom. The molecular weight excluding hydrogens is 563 g/mol. The lowest BCUT2D eigenvalue weighted by molar-refractivity contribution is 0.155. The molecule has 3 aromatic rings. The quantitative estimate of drug-likeness (QED) is 0.397. The maximum absolute atomic E-state index is 15.2. The average molecular weight is 585 g/mol. The summed E-state index contributed by atoms with van der Waals surface area (Å²) in [5.41, 5.74) is 2.52. The van der Waals surface area contributed by atoms with Crippen LogP contribution >= 0.6 is 27.3 Å². The summed E-state index contributed by atoms with van der Waals surface area (Å²) in [6, 6.07) is 8.99. The number of halogens is 2. The minimum atomic E-state index is -4.33. The lowest BCUT2D eigenvalue weighted by Crippen LogP contribution is -2.32. The van der Waals surface area contributed by atoms with Gasteiger partial charge in [-0.25, -0.2) is 26.9 Å². The first-order valence-corrected chi connectivity index (χ1v) is 13.6. The number of ether oxygens (including phenoxy) is 1. The Morgan fingerprint density at radius 1 is 1.37 bits per heavy atom. The van der Waals surface area contributed by atoms with E-state index in [9.17, 15) is 13.2 Å². The number of likely N-dealkylation sites (tertiary alicyclic amines) is 1. The number of nitrogens with one attached hydrogen (secondary N) is 1. The molecule has 186 valence electrons. The molecule has 1 unspecified atom stereocenters. The molecule has 4 rings (SSSR count). The molecule has 2 heterocycles. The van der Waals surface area contributed by atoms with Crippen molar-refractivity contribution < 1.29 is 27.4 Å². The Morgan fingerprint density at radius 2 is 2.11 bits per heavy atom. The van der Waals surface area contributed by atoms with Gasteiger partial charge in [-0.05, 0) is 52.2 Å². The van der Waals surface area contributed by atoms with E-state index in [4.69, 9.17) is 9.84 Å². The predicted molar refractivity (Wildman–Crippen MR) is 134 cm³/mol. The van der Waals surface area contributed by atoms with E-state index in [1.54, 1.807) is 29.6 Å².